The Balaban J connectivity index is 2.38. The molecule has 0 saturated carbocycles. The van der Waals surface area contributed by atoms with Gasteiger partial charge in [0, 0.05) is 12.8 Å². The van der Waals surface area contributed by atoms with Crippen LogP contribution in [0.3, 0.4) is 0 Å². The van der Waals surface area contributed by atoms with Crippen LogP contribution in [-0.2, 0) is 4.79 Å². The molecule has 1 aromatic carbocycles. The third-order valence-corrected chi connectivity index (χ3v) is 2.79. The Morgan fingerprint density at radius 2 is 1.79 bits per heavy atom. The van der Waals surface area contributed by atoms with Crippen LogP contribution in [0.25, 0.3) is 5.57 Å². The molecule has 0 amide bonds. The molecular formula is C13H14O. The summed E-state index contributed by atoms with van der Waals surface area (Å²) in [6, 6.07) is 10.2. The summed E-state index contributed by atoms with van der Waals surface area (Å²) in [6.07, 6.45) is 2.28. The van der Waals surface area contributed by atoms with Gasteiger partial charge in [-0.2, -0.15) is 0 Å². The van der Waals surface area contributed by atoms with Crippen molar-refractivity contribution >= 4 is 11.4 Å². The molecule has 1 aliphatic carbocycles. The highest BCUT2D eigenvalue weighted by Gasteiger charge is 2.16. The molecule has 0 N–H and O–H groups in total. The molecule has 0 aromatic heterocycles. The molecule has 72 valence electrons. The summed E-state index contributed by atoms with van der Waals surface area (Å²) in [5, 5.41) is 0. The third-order valence-electron chi connectivity index (χ3n) is 2.79. The molecule has 2 rings (SSSR count). The zero-order valence-corrected chi connectivity index (χ0v) is 8.42. The lowest BCUT2D eigenvalue weighted by molar-refractivity contribution is -0.118. The molecule has 1 nitrogen and oxygen atoms in total. The number of carbonyl (C=O) groups is 1. The summed E-state index contributed by atoms with van der Waals surface area (Å²) in [4.78, 5) is 11.4. The minimum absolute atomic E-state index is 0.370. The molecule has 0 spiro atoms. The molecule has 0 saturated heterocycles. The topological polar surface area (TPSA) is 17.1 Å². The van der Waals surface area contributed by atoms with Crippen molar-refractivity contribution in [2.75, 3.05) is 0 Å². The molecule has 0 heterocycles. The van der Waals surface area contributed by atoms with Gasteiger partial charge in [0.1, 0.15) is 5.78 Å². The van der Waals surface area contributed by atoms with Gasteiger partial charge in [-0.25, -0.2) is 0 Å². The van der Waals surface area contributed by atoms with E-state index >= 15 is 0 Å². The molecule has 0 aliphatic heterocycles. The largest absolute Gasteiger partial charge is 0.299 e. The smallest absolute Gasteiger partial charge is 0.137 e. The number of rotatable bonds is 1. The summed E-state index contributed by atoms with van der Waals surface area (Å²) < 4.78 is 0. The minimum Gasteiger partial charge on any atom is -0.299 e. The van der Waals surface area contributed by atoms with Crippen LogP contribution < -0.4 is 0 Å². The van der Waals surface area contributed by atoms with E-state index in [1.54, 1.807) is 0 Å². The summed E-state index contributed by atoms with van der Waals surface area (Å²) in [7, 11) is 0. The average Bonchev–Trinajstić information content (AvgIpc) is 2.23. The molecule has 14 heavy (non-hydrogen) atoms. The monoisotopic (exact) mass is 186 g/mol. The maximum absolute atomic E-state index is 11.4. The van der Waals surface area contributed by atoms with Crippen molar-refractivity contribution in [1.82, 2.24) is 0 Å². The van der Waals surface area contributed by atoms with Gasteiger partial charge in [-0.1, -0.05) is 35.9 Å². The van der Waals surface area contributed by atoms with Gasteiger partial charge >= 0.3 is 0 Å². The van der Waals surface area contributed by atoms with Crippen LogP contribution >= 0.6 is 0 Å². The number of benzene rings is 1. The second-order valence-corrected chi connectivity index (χ2v) is 3.84. The predicted octanol–water partition coefficient (Wildman–Crippen LogP) is 3.21. The molecule has 1 aliphatic rings. The van der Waals surface area contributed by atoms with E-state index in [1.807, 2.05) is 18.2 Å². The van der Waals surface area contributed by atoms with Gasteiger partial charge in [0.25, 0.3) is 0 Å². The maximum atomic E-state index is 11.4. The van der Waals surface area contributed by atoms with Gasteiger partial charge in [0.15, 0.2) is 0 Å². The Labute approximate surface area is 84.5 Å². The van der Waals surface area contributed by atoms with Crippen LogP contribution in [0.2, 0.25) is 0 Å². The van der Waals surface area contributed by atoms with E-state index in [4.69, 9.17) is 0 Å². The average molecular weight is 186 g/mol. The standard InChI is InChI=1S/C13H14O/c1-10-7-8-12(14)9-13(10)11-5-3-2-4-6-11/h2-6H,7-9H2,1H3. The number of ketones is 1. The number of hydrogen-bond donors (Lipinski definition) is 0. The Bertz CT molecular complexity index is 373. The number of hydrogen-bond acceptors (Lipinski definition) is 1. The number of allylic oxidation sites excluding steroid dienone is 2. The summed E-state index contributed by atoms with van der Waals surface area (Å²) in [5.41, 5.74) is 3.82. The van der Waals surface area contributed by atoms with Gasteiger partial charge in [0.2, 0.25) is 0 Å². The van der Waals surface area contributed by atoms with Crippen molar-refractivity contribution in [2.24, 2.45) is 0 Å². The Morgan fingerprint density at radius 3 is 2.50 bits per heavy atom. The van der Waals surface area contributed by atoms with E-state index in [1.165, 1.54) is 16.7 Å². The van der Waals surface area contributed by atoms with Crippen molar-refractivity contribution in [3.63, 3.8) is 0 Å². The first-order valence-electron chi connectivity index (χ1n) is 5.03. The molecule has 1 heteroatoms. The van der Waals surface area contributed by atoms with E-state index in [-0.39, 0.29) is 0 Å². The quantitative estimate of drug-likeness (QED) is 0.658. The van der Waals surface area contributed by atoms with Crippen molar-refractivity contribution in [3.8, 4) is 0 Å². The van der Waals surface area contributed by atoms with Gasteiger partial charge in [0.05, 0.1) is 0 Å². The Hall–Kier alpha value is -1.37. The third kappa shape index (κ3) is 1.77. The fourth-order valence-corrected chi connectivity index (χ4v) is 1.90. The number of Topliss-reactive ketones (excluding diaryl/α,β-unsaturated/α-hetero) is 1. The van der Waals surface area contributed by atoms with Crippen LogP contribution in [0.1, 0.15) is 31.7 Å². The zero-order valence-electron chi connectivity index (χ0n) is 8.42. The Kier molecular flexibility index (Phi) is 2.49. The molecule has 0 unspecified atom stereocenters. The van der Waals surface area contributed by atoms with Gasteiger partial charge in [-0.15, -0.1) is 0 Å². The van der Waals surface area contributed by atoms with E-state index < -0.39 is 0 Å². The fourth-order valence-electron chi connectivity index (χ4n) is 1.90. The molecule has 0 bridgehead atoms. The summed E-state index contributed by atoms with van der Waals surface area (Å²) in [6.45, 7) is 2.13. The molecule has 0 radical (unpaired) electrons. The molecule has 1 aromatic rings. The van der Waals surface area contributed by atoms with Crippen molar-refractivity contribution in [2.45, 2.75) is 26.2 Å². The highest BCUT2D eigenvalue weighted by molar-refractivity contribution is 5.93. The van der Waals surface area contributed by atoms with Crippen molar-refractivity contribution in [1.29, 1.82) is 0 Å². The van der Waals surface area contributed by atoms with E-state index in [9.17, 15) is 4.79 Å². The summed E-state index contributed by atoms with van der Waals surface area (Å²) >= 11 is 0. The first kappa shape index (κ1) is 9.20. The van der Waals surface area contributed by atoms with Gasteiger partial charge in [-0.05, 0) is 24.5 Å². The van der Waals surface area contributed by atoms with Crippen LogP contribution in [0, 0.1) is 0 Å². The lowest BCUT2D eigenvalue weighted by atomic mass is 9.87. The van der Waals surface area contributed by atoms with Gasteiger partial charge < -0.3 is 0 Å². The lowest BCUT2D eigenvalue weighted by Gasteiger charge is -2.16. The molecule has 0 atom stereocenters. The van der Waals surface area contributed by atoms with Gasteiger partial charge in [-0.3, -0.25) is 4.79 Å². The predicted molar refractivity (Wildman–Crippen MR) is 57.9 cm³/mol. The maximum Gasteiger partial charge on any atom is 0.137 e. The zero-order chi connectivity index (χ0) is 9.97. The molecular weight excluding hydrogens is 172 g/mol. The Morgan fingerprint density at radius 1 is 1.07 bits per heavy atom. The fraction of sp³-hybridized carbons (Fsp3) is 0.308. The SMILES string of the molecule is CC1=C(c2ccccc2)CC(=O)CC1. The number of carbonyl (C=O) groups excluding carboxylic acids is 1. The first-order chi connectivity index (χ1) is 6.77. The normalized spacial score (nSPS) is 17.4. The van der Waals surface area contributed by atoms with E-state index in [0.717, 1.165) is 12.8 Å². The second kappa shape index (κ2) is 3.79. The van der Waals surface area contributed by atoms with E-state index in [2.05, 4.69) is 19.1 Å². The minimum atomic E-state index is 0.370. The highest BCUT2D eigenvalue weighted by atomic mass is 16.1. The van der Waals surface area contributed by atoms with E-state index in [0.29, 0.717) is 12.2 Å². The summed E-state index contributed by atoms with van der Waals surface area (Å²) in [5.74, 6) is 0.370. The van der Waals surface area contributed by atoms with Crippen LogP contribution in [0.4, 0.5) is 0 Å². The first-order valence-corrected chi connectivity index (χ1v) is 5.03. The van der Waals surface area contributed by atoms with Crippen molar-refractivity contribution in [3.05, 3.63) is 41.5 Å². The van der Waals surface area contributed by atoms with Crippen molar-refractivity contribution < 1.29 is 4.79 Å². The highest BCUT2D eigenvalue weighted by Crippen LogP contribution is 2.29. The molecule has 0 fully saturated rings. The second-order valence-electron chi connectivity index (χ2n) is 3.84. The van der Waals surface area contributed by atoms with Crippen LogP contribution in [0.15, 0.2) is 35.9 Å². The van der Waals surface area contributed by atoms with Crippen LogP contribution in [0.5, 0.6) is 0 Å². The van der Waals surface area contributed by atoms with Crippen LogP contribution in [-0.4, -0.2) is 5.78 Å². The lowest BCUT2D eigenvalue weighted by Crippen LogP contribution is -2.07.